The molecule has 0 amide bonds. The van der Waals surface area contributed by atoms with Crippen molar-refractivity contribution in [2.45, 2.75) is 45.4 Å². The molecule has 2 fully saturated rings. The SMILES string of the molecule is CCC1(C2CC2)CCNCC1c1ccc(C)cc1. The van der Waals surface area contributed by atoms with Crippen LogP contribution in [0.2, 0.25) is 0 Å². The normalized spacial score (nSPS) is 32.4. The molecule has 1 saturated carbocycles. The smallest absolute Gasteiger partial charge is 0.00256 e. The third-order valence-electron chi connectivity index (χ3n) is 5.34. The second kappa shape index (κ2) is 4.70. The lowest BCUT2D eigenvalue weighted by molar-refractivity contribution is 0.123. The van der Waals surface area contributed by atoms with Crippen molar-refractivity contribution >= 4 is 0 Å². The topological polar surface area (TPSA) is 12.0 Å². The standard InChI is InChI=1S/C17H25N/c1-3-17(15-8-9-15)10-11-18-12-16(17)14-6-4-13(2)5-7-14/h4-7,15-16,18H,3,8-12H2,1-2H3. The fourth-order valence-electron chi connectivity index (χ4n) is 4.05. The molecule has 2 unspecified atom stereocenters. The minimum absolute atomic E-state index is 0.584. The van der Waals surface area contributed by atoms with Crippen molar-refractivity contribution in [2.75, 3.05) is 13.1 Å². The van der Waals surface area contributed by atoms with E-state index in [1.54, 1.807) is 5.56 Å². The van der Waals surface area contributed by atoms with Crippen LogP contribution in [0.4, 0.5) is 0 Å². The lowest BCUT2D eigenvalue weighted by Crippen LogP contribution is -2.44. The van der Waals surface area contributed by atoms with Crippen LogP contribution >= 0.6 is 0 Å². The minimum Gasteiger partial charge on any atom is -0.316 e. The van der Waals surface area contributed by atoms with Crippen LogP contribution < -0.4 is 5.32 Å². The Kier molecular flexibility index (Phi) is 3.19. The van der Waals surface area contributed by atoms with Crippen molar-refractivity contribution in [2.24, 2.45) is 11.3 Å². The van der Waals surface area contributed by atoms with Crippen molar-refractivity contribution in [3.63, 3.8) is 0 Å². The van der Waals surface area contributed by atoms with Crippen molar-refractivity contribution in [1.29, 1.82) is 0 Å². The maximum absolute atomic E-state index is 3.62. The number of hydrogen-bond acceptors (Lipinski definition) is 1. The average Bonchev–Trinajstić information content (AvgIpc) is 3.24. The van der Waals surface area contributed by atoms with E-state index in [9.17, 15) is 0 Å². The van der Waals surface area contributed by atoms with E-state index >= 15 is 0 Å². The van der Waals surface area contributed by atoms with E-state index in [1.165, 1.54) is 44.3 Å². The maximum atomic E-state index is 3.62. The first-order valence-electron chi connectivity index (χ1n) is 7.53. The second-order valence-electron chi connectivity index (χ2n) is 6.28. The van der Waals surface area contributed by atoms with Crippen LogP contribution in [-0.2, 0) is 0 Å². The molecule has 0 spiro atoms. The summed E-state index contributed by atoms with van der Waals surface area (Å²) in [5.41, 5.74) is 3.51. The van der Waals surface area contributed by atoms with Gasteiger partial charge in [0.2, 0.25) is 0 Å². The maximum Gasteiger partial charge on any atom is 0.00256 e. The molecule has 1 nitrogen and oxygen atoms in total. The molecule has 3 rings (SSSR count). The van der Waals surface area contributed by atoms with Gasteiger partial charge < -0.3 is 5.32 Å². The highest BCUT2D eigenvalue weighted by atomic mass is 14.9. The number of benzene rings is 1. The molecule has 1 N–H and O–H groups in total. The van der Waals surface area contributed by atoms with E-state index < -0.39 is 0 Å². The largest absolute Gasteiger partial charge is 0.316 e. The Balaban J connectivity index is 1.93. The molecular weight excluding hydrogens is 218 g/mol. The van der Waals surface area contributed by atoms with Gasteiger partial charge in [0.05, 0.1) is 0 Å². The van der Waals surface area contributed by atoms with Gasteiger partial charge in [-0.15, -0.1) is 0 Å². The van der Waals surface area contributed by atoms with Gasteiger partial charge in [-0.05, 0) is 56.0 Å². The van der Waals surface area contributed by atoms with E-state index in [0.29, 0.717) is 5.41 Å². The van der Waals surface area contributed by atoms with Crippen LogP contribution in [0.5, 0.6) is 0 Å². The monoisotopic (exact) mass is 243 g/mol. The minimum atomic E-state index is 0.584. The van der Waals surface area contributed by atoms with Crippen LogP contribution in [0.3, 0.4) is 0 Å². The number of rotatable bonds is 3. The van der Waals surface area contributed by atoms with E-state index in [2.05, 4.69) is 43.4 Å². The molecule has 98 valence electrons. The van der Waals surface area contributed by atoms with Crippen LogP contribution in [0.1, 0.15) is 49.7 Å². The highest BCUT2D eigenvalue weighted by molar-refractivity contribution is 5.28. The summed E-state index contributed by atoms with van der Waals surface area (Å²) in [5.74, 6) is 1.72. The Labute approximate surface area is 111 Å². The van der Waals surface area contributed by atoms with E-state index in [4.69, 9.17) is 0 Å². The van der Waals surface area contributed by atoms with Crippen LogP contribution in [0.25, 0.3) is 0 Å². The first-order valence-corrected chi connectivity index (χ1v) is 7.53. The van der Waals surface area contributed by atoms with Gasteiger partial charge in [-0.25, -0.2) is 0 Å². The zero-order valence-electron chi connectivity index (χ0n) is 11.7. The molecule has 2 atom stereocenters. The van der Waals surface area contributed by atoms with Crippen LogP contribution in [0, 0.1) is 18.3 Å². The molecule has 1 heterocycles. The van der Waals surface area contributed by atoms with Crippen molar-refractivity contribution < 1.29 is 0 Å². The van der Waals surface area contributed by atoms with Gasteiger partial charge in [-0.3, -0.25) is 0 Å². The summed E-state index contributed by atoms with van der Waals surface area (Å²) in [6.07, 6.45) is 5.65. The van der Waals surface area contributed by atoms with E-state index in [1.807, 2.05) is 0 Å². The number of hydrogen-bond donors (Lipinski definition) is 1. The van der Waals surface area contributed by atoms with Crippen LogP contribution in [-0.4, -0.2) is 13.1 Å². The summed E-state index contributed by atoms with van der Waals surface area (Å²) in [6.45, 7) is 6.97. The first-order chi connectivity index (χ1) is 8.76. The highest BCUT2D eigenvalue weighted by Gasteiger charge is 2.50. The summed E-state index contributed by atoms with van der Waals surface area (Å²) in [5, 5.41) is 3.62. The Morgan fingerprint density at radius 2 is 1.94 bits per heavy atom. The predicted molar refractivity (Wildman–Crippen MR) is 76.9 cm³/mol. The predicted octanol–water partition coefficient (Wildman–Crippen LogP) is 3.88. The molecule has 0 radical (unpaired) electrons. The number of nitrogens with one attached hydrogen (secondary N) is 1. The third kappa shape index (κ3) is 1.99. The van der Waals surface area contributed by atoms with E-state index in [-0.39, 0.29) is 0 Å². The summed E-state index contributed by atoms with van der Waals surface area (Å²) >= 11 is 0. The molecule has 1 aliphatic carbocycles. The molecule has 0 bridgehead atoms. The van der Waals surface area contributed by atoms with Gasteiger partial charge >= 0.3 is 0 Å². The zero-order valence-corrected chi connectivity index (χ0v) is 11.7. The Morgan fingerprint density at radius 3 is 2.56 bits per heavy atom. The first kappa shape index (κ1) is 12.2. The van der Waals surface area contributed by atoms with Crippen molar-refractivity contribution in [1.82, 2.24) is 5.32 Å². The molecule has 18 heavy (non-hydrogen) atoms. The van der Waals surface area contributed by atoms with Gasteiger partial charge in [-0.2, -0.15) is 0 Å². The zero-order chi connectivity index (χ0) is 12.6. The van der Waals surface area contributed by atoms with Gasteiger partial charge in [0, 0.05) is 12.5 Å². The summed E-state index contributed by atoms with van der Waals surface area (Å²) < 4.78 is 0. The van der Waals surface area contributed by atoms with Crippen molar-refractivity contribution in [3.8, 4) is 0 Å². The summed E-state index contributed by atoms with van der Waals surface area (Å²) in [7, 11) is 0. The van der Waals surface area contributed by atoms with Crippen LogP contribution in [0.15, 0.2) is 24.3 Å². The van der Waals surface area contributed by atoms with Crippen molar-refractivity contribution in [3.05, 3.63) is 35.4 Å². The molecule has 1 heteroatoms. The van der Waals surface area contributed by atoms with Gasteiger partial charge in [0.1, 0.15) is 0 Å². The molecule has 1 aromatic rings. The fourth-order valence-corrected chi connectivity index (χ4v) is 4.05. The molecule has 0 aromatic heterocycles. The quantitative estimate of drug-likeness (QED) is 0.849. The fraction of sp³-hybridized carbons (Fsp3) is 0.647. The van der Waals surface area contributed by atoms with Gasteiger partial charge in [-0.1, -0.05) is 36.8 Å². The van der Waals surface area contributed by atoms with E-state index in [0.717, 1.165) is 11.8 Å². The average molecular weight is 243 g/mol. The molecule has 1 saturated heterocycles. The number of piperidine rings is 1. The number of aryl methyl sites for hydroxylation is 1. The summed E-state index contributed by atoms with van der Waals surface area (Å²) in [6, 6.07) is 9.27. The molecule has 1 aliphatic heterocycles. The lowest BCUT2D eigenvalue weighted by atomic mass is 9.63. The lowest BCUT2D eigenvalue weighted by Gasteiger charge is -2.45. The highest BCUT2D eigenvalue weighted by Crippen LogP contribution is 2.58. The molecule has 2 aliphatic rings. The Bertz CT molecular complexity index is 404. The molecule has 1 aromatic carbocycles. The van der Waals surface area contributed by atoms with Gasteiger partial charge in [0.25, 0.3) is 0 Å². The third-order valence-corrected chi connectivity index (χ3v) is 5.34. The Hall–Kier alpha value is -0.820. The van der Waals surface area contributed by atoms with Gasteiger partial charge in [0.15, 0.2) is 0 Å². The Morgan fingerprint density at radius 1 is 1.22 bits per heavy atom. The molecular formula is C17H25N. The summed E-state index contributed by atoms with van der Waals surface area (Å²) in [4.78, 5) is 0. The second-order valence-corrected chi connectivity index (χ2v) is 6.28.